The molecule has 1 aliphatic heterocycles. The maximum Gasteiger partial charge on any atom is 0.426 e. The molecular formula is C19H19F3N4O2S. The summed E-state index contributed by atoms with van der Waals surface area (Å²) in [5.74, 6) is -1.27. The number of halogens is 3. The summed E-state index contributed by atoms with van der Waals surface area (Å²) in [5, 5.41) is 14.8. The van der Waals surface area contributed by atoms with Crippen molar-refractivity contribution >= 4 is 27.5 Å². The summed E-state index contributed by atoms with van der Waals surface area (Å²) < 4.78 is 41.7. The van der Waals surface area contributed by atoms with Crippen molar-refractivity contribution in [1.82, 2.24) is 19.7 Å². The van der Waals surface area contributed by atoms with Gasteiger partial charge >= 0.3 is 6.18 Å². The minimum Gasteiger partial charge on any atom is -0.373 e. The lowest BCUT2D eigenvalue weighted by Gasteiger charge is -2.36. The molecule has 29 heavy (non-hydrogen) atoms. The molecule has 0 unspecified atom stereocenters. The zero-order chi connectivity index (χ0) is 20.8. The predicted molar refractivity (Wildman–Crippen MR) is 102 cm³/mol. The van der Waals surface area contributed by atoms with Crippen LogP contribution in [0, 0.1) is 0 Å². The molecule has 0 radical (unpaired) electrons. The molecule has 0 aliphatic carbocycles. The number of alkyl halides is 3. The number of aliphatic hydroxyl groups is 1. The van der Waals surface area contributed by atoms with Gasteiger partial charge in [-0.05, 0) is 38.0 Å². The van der Waals surface area contributed by atoms with Gasteiger partial charge in [0.15, 0.2) is 0 Å². The number of rotatable bonds is 3. The van der Waals surface area contributed by atoms with Gasteiger partial charge in [-0.3, -0.25) is 4.79 Å². The van der Waals surface area contributed by atoms with E-state index in [2.05, 4.69) is 10.1 Å². The van der Waals surface area contributed by atoms with Crippen molar-refractivity contribution < 1.29 is 23.1 Å². The summed E-state index contributed by atoms with van der Waals surface area (Å²) in [6.07, 6.45) is -2.37. The van der Waals surface area contributed by atoms with Gasteiger partial charge in [-0.1, -0.05) is 23.5 Å². The number of fused-ring (bicyclic) bond motifs is 1. The third-order valence-corrected chi connectivity index (χ3v) is 6.32. The molecule has 6 nitrogen and oxygen atoms in total. The Bertz CT molecular complexity index is 1000. The van der Waals surface area contributed by atoms with Crippen molar-refractivity contribution in [3.05, 3.63) is 42.2 Å². The van der Waals surface area contributed by atoms with E-state index in [9.17, 15) is 23.1 Å². The molecule has 0 saturated carbocycles. The molecule has 0 spiro atoms. The second kappa shape index (κ2) is 7.10. The van der Waals surface area contributed by atoms with E-state index >= 15 is 0 Å². The van der Waals surface area contributed by atoms with Crippen LogP contribution in [0.25, 0.3) is 15.3 Å². The third kappa shape index (κ3) is 3.51. The lowest BCUT2D eigenvalue weighted by molar-refractivity contribution is -0.250. The van der Waals surface area contributed by atoms with Crippen molar-refractivity contribution in [2.75, 3.05) is 13.1 Å². The van der Waals surface area contributed by atoms with E-state index in [0.29, 0.717) is 19.8 Å². The average molecular weight is 424 g/mol. The van der Waals surface area contributed by atoms with E-state index in [4.69, 9.17) is 0 Å². The highest BCUT2D eigenvalue weighted by Crippen LogP contribution is 2.35. The number of hydrogen-bond donors (Lipinski definition) is 1. The summed E-state index contributed by atoms with van der Waals surface area (Å²) in [5.41, 5.74) is -1.58. The van der Waals surface area contributed by atoms with Crippen LogP contribution in [0.3, 0.4) is 0 Å². The topological polar surface area (TPSA) is 71.2 Å². The minimum atomic E-state index is -5.01. The van der Waals surface area contributed by atoms with E-state index in [0.717, 1.165) is 25.9 Å². The molecule has 154 valence electrons. The fourth-order valence-electron chi connectivity index (χ4n) is 3.54. The zero-order valence-electron chi connectivity index (χ0n) is 15.6. The van der Waals surface area contributed by atoms with Crippen molar-refractivity contribution in [3.63, 3.8) is 0 Å². The molecular weight excluding hydrogens is 405 g/mol. The molecule has 1 amide bonds. The van der Waals surface area contributed by atoms with Gasteiger partial charge in [0.05, 0.1) is 15.9 Å². The Morgan fingerprint density at radius 3 is 2.55 bits per heavy atom. The van der Waals surface area contributed by atoms with Crippen molar-refractivity contribution in [2.24, 2.45) is 0 Å². The van der Waals surface area contributed by atoms with Crippen LogP contribution >= 0.6 is 11.3 Å². The Kier molecular flexibility index (Phi) is 4.86. The number of piperidine rings is 1. The Hall–Kier alpha value is -2.46. The first-order chi connectivity index (χ1) is 13.7. The normalized spacial score (nSPS) is 18.2. The van der Waals surface area contributed by atoms with Gasteiger partial charge in [0.25, 0.3) is 5.91 Å². The molecule has 3 aromatic rings. The Morgan fingerprint density at radius 1 is 1.21 bits per heavy atom. The molecule has 3 heterocycles. The first-order valence-corrected chi connectivity index (χ1v) is 9.98. The fraction of sp³-hybridized carbons (Fsp3) is 0.421. The van der Waals surface area contributed by atoms with Gasteiger partial charge in [-0.25, -0.2) is 9.67 Å². The van der Waals surface area contributed by atoms with Crippen molar-refractivity contribution in [1.29, 1.82) is 0 Å². The number of hydrogen-bond acceptors (Lipinski definition) is 5. The summed E-state index contributed by atoms with van der Waals surface area (Å²) in [6, 6.07) is 9.64. The molecule has 1 saturated heterocycles. The van der Waals surface area contributed by atoms with Crippen molar-refractivity contribution in [2.45, 2.75) is 37.5 Å². The quantitative estimate of drug-likeness (QED) is 0.699. The highest BCUT2D eigenvalue weighted by atomic mass is 32.1. The summed E-state index contributed by atoms with van der Waals surface area (Å²) in [6.45, 7) is 0.783. The van der Waals surface area contributed by atoms with E-state index < -0.39 is 17.7 Å². The van der Waals surface area contributed by atoms with Crippen LogP contribution in [0.15, 0.2) is 36.5 Å². The lowest BCUT2D eigenvalue weighted by atomic mass is 9.92. The van der Waals surface area contributed by atoms with Crippen LogP contribution in [-0.2, 0) is 4.79 Å². The standard InChI is InChI=1S/C19H19F3N4O2S/c1-18(28,19(20,21)22)16(27)25-10-7-12(8-11-25)14-6-9-23-26(14)17-24-13-4-2-3-5-15(13)29-17/h2-6,9,12,28H,7-8,10-11H2,1H3/t18-/m1/s1. The van der Waals surface area contributed by atoms with Crippen LogP contribution in [-0.4, -0.2) is 55.5 Å². The van der Waals surface area contributed by atoms with E-state index in [-0.39, 0.29) is 19.0 Å². The number of likely N-dealkylation sites (tertiary alicyclic amines) is 1. The average Bonchev–Trinajstić information content (AvgIpc) is 3.33. The summed E-state index contributed by atoms with van der Waals surface area (Å²) in [4.78, 5) is 17.9. The maximum atomic E-state index is 13.0. The van der Waals surface area contributed by atoms with Crippen LogP contribution in [0.2, 0.25) is 0 Å². The SMILES string of the molecule is C[C@@](O)(C(=O)N1CCC(c2ccnn2-c2nc3ccccc3s2)CC1)C(F)(F)F. The summed E-state index contributed by atoms with van der Waals surface area (Å²) >= 11 is 1.51. The predicted octanol–water partition coefficient (Wildman–Crippen LogP) is 3.50. The largest absolute Gasteiger partial charge is 0.426 e. The number of benzene rings is 1. The van der Waals surface area contributed by atoms with Crippen molar-refractivity contribution in [3.8, 4) is 5.13 Å². The number of amides is 1. The number of thiazole rings is 1. The van der Waals surface area contributed by atoms with Gasteiger partial charge in [-0.2, -0.15) is 18.3 Å². The Labute approximate surface area is 168 Å². The first-order valence-electron chi connectivity index (χ1n) is 9.17. The lowest BCUT2D eigenvalue weighted by Crippen LogP contribution is -2.57. The molecule has 1 fully saturated rings. The fourth-order valence-corrected chi connectivity index (χ4v) is 4.49. The molecule has 1 N–H and O–H groups in total. The van der Waals surface area contributed by atoms with Crippen LogP contribution in [0.5, 0.6) is 0 Å². The molecule has 1 atom stereocenters. The Morgan fingerprint density at radius 2 is 1.90 bits per heavy atom. The van der Waals surface area contributed by atoms with E-state index in [1.165, 1.54) is 11.3 Å². The highest BCUT2D eigenvalue weighted by Gasteiger charge is 2.57. The van der Waals surface area contributed by atoms with Gasteiger partial charge in [0, 0.05) is 25.2 Å². The second-order valence-corrected chi connectivity index (χ2v) is 8.28. The highest BCUT2D eigenvalue weighted by molar-refractivity contribution is 7.20. The monoisotopic (exact) mass is 424 g/mol. The number of carbonyl (C=O) groups excluding carboxylic acids is 1. The molecule has 4 rings (SSSR count). The smallest absolute Gasteiger partial charge is 0.373 e. The maximum absolute atomic E-state index is 13.0. The number of nitrogens with zero attached hydrogens (tertiary/aromatic N) is 4. The van der Waals surface area contributed by atoms with Crippen LogP contribution in [0.1, 0.15) is 31.4 Å². The molecule has 10 heteroatoms. The summed E-state index contributed by atoms with van der Waals surface area (Å²) in [7, 11) is 0. The number of para-hydroxylation sites is 1. The van der Waals surface area contributed by atoms with Crippen LogP contribution in [0.4, 0.5) is 13.2 Å². The van der Waals surface area contributed by atoms with Gasteiger partial charge in [0.1, 0.15) is 0 Å². The molecule has 1 aromatic carbocycles. The van der Waals surface area contributed by atoms with Gasteiger partial charge < -0.3 is 10.0 Å². The zero-order valence-corrected chi connectivity index (χ0v) is 16.4. The number of carbonyl (C=O) groups is 1. The molecule has 2 aromatic heterocycles. The van der Waals surface area contributed by atoms with Gasteiger partial charge in [0.2, 0.25) is 10.7 Å². The molecule has 1 aliphatic rings. The van der Waals surface area contributed by atoms with Gasteiger partial charge in [-0.15, -0.1) is 0 Å². The van der Waals surface area contributed by atoms with Crippen LogP contribution < -0.4 is 0 Å². The third-order valence-electron chi connectivity index (χ3n) is 5.30. The van der Waals surface area contributed by atoms with E-state index in [1.807, 2.05) is 30.3 Å². The second-order valence-electron chi connectivity index (χ2n) is 7.27. The molecule has 0 bridgehead atoms. The van der Waals surface area contributed by atoms with E-state index in [1.54, 1.807) is 10.9 Å². The minimum absolute atomic E-state index is 0.0318. The number of aromatic nitrogens is 3. The first kappa shape index (κ1) is 19.8. The Balaban J connectivity index is 1.50.